The van der Waals surface area contributed by atoms with Crippen LogP contribution in [0.15, 0.2) is 43.0 Å². The number of Topliss-reactive ketones (excluding diaryl/α,β-unsaturated/α-hetero) is 1. The fourth-order valence-corrected chi connectivity index (χ4v) is 2.43. The second-order valence-electron chi connectivity index (χ2n) is 4.88. The van der Waals surface area contributed by atoms with Gasteiger partial charge < -0.3 is 4.74 Å². The molecule has 2 nitrogen and oxygen atoms in total. The maximum absolute atomic E-state index is 11.7. The number of carbonyl (C=O) groups excluding carboxylic acids is 1. The molecule has 2 heteroatoms. The van der Waals surface area contributed by atoms with Crippen LogP contribution >= 0.6 is 0 Å². The second kappa shape index (κ2) is 6.50. The first-order valence-electron chi connectivity index (χ1n) is 6.60. The van der Waals surface area contributed by atoms with E-state index in [4.69, 9.17) is 4.74 Å². The van der Waals surface area contributed by atoms with Crippen molar-refractivity contribution in [3.8, 4) is 0 Å². The SMILES string of the molecule is C=CC[C@H]1CC(=O)C[C@@H](CCc2ccccc2)O1. The summed E-state index contributed by atoms with van der Waals surface area (Å²) in [5.74, 6) is 0.325. The van der Waals surface area contributed by atoms with E-state index in [1.807, 2.05) is 24.3 Å². The van der Waals surface area contributed by atoms with Gasteiger partial charge in [-0.25, -0.2) is 0 Å². The van der Waals surface area contributed by atoms with Gasteiger partial charge in [-0.1, -0.05) is 36.4 Å². The van der Waals surface area contributed by atoms with E-state index in [2.05, 4.69) is 18.7 Å². The summed E-state index contributed by atoms with van der Waals surface area (Å²) in [4.78, 5) is 11.7. The standard InChI is InChI=1S/C16H20O2/c1-2-6-15-11-14(17)12-16(18-15)10-9-13-7-4-3-5-8-13/h2-5,7-8,15-16H,1,6,9-12H2/t15-,16+/m0/s1. The van der Waals surface area contributed by atoms with Crippen molar-refractivity contribution in [3.63, 3.8) is 0 Å². The first-order valence-corrected chi connectivity index (χ1v) is 6.60. The minimum atomic E-state index is 0.0459. The average molecular weight is 244 g/mol. The molecule has 0 N–H and O–H groups in total. The van der Waals surface area contributed by atoms with Gasteiger partial charge in [-0.05, 0) is 24.8 Å². The van der Waals surface area contributed by atoms with E-state index in [0.717, 1.165) is 19.3 Å². The zero-order valence-corrected chi connectivity index (χ0v) is 10.7. The third-order valence-electron chi connectivity index (χ3n) is 3.32. The molecule has 1 fully saturated rings. The lowest BCUT2D eigenvalue weighted by atomic mass is 9.96. The maximum atomic E-state index is 11.7. The van der Waals surface area contributed by atoms with Crippen LogP contribution in [-0.2, 0) is 16.0 Å². The summed E-state index contributed by atoms with van der Waals surface area (Å²) in [6.07, 6.45) is 5.74. The summed E-state index contributed by atoms with van der Waals surface area (Å²) in [5.41, 5.74) is 1.30. The molecule has 1 saturated heterocycles. The Balaban J connectivity index is 1.85. The summed E-state index contributed by atoms with van der Waals surface area (Å²) in [7, 11) is 0. The lowest BCUT2D eigenvalue weighted by molar-refractivity contribution is -0.135. The van der Waals surface area contributed by atoms with Gasteiger partial charge in [-0.3, -0.25) is 4.79 Å². The molecule has 1 aliphatic heterocycles. The molecule has 0 bridgehead atoms. The normalized spacial score (nSPS) is 23.9. The third kappa shape index (κ3) is 3.81. The van der Waals surface area contributed by atoms with Crippen LogP contribution in [0.2, 0.25) is 0 Å². The molecule has 0 aliphatic carbocycles. The predicted molar refractivity (Wildman–Crippen MR) is 72.5 cm³/mol. The van der Waals surface area contributed by atoms with Gasteiger partial charge in [0.1, 0.15) is 5.78 Å². The molecule has 0 aromatic heterocycles. The van der Waals surface area contributed by atoms with Gasteiger partial charge in [0.2, 0.25) is 0 Å². The van der Waals surface area contributed by atoms with E-state index in [0.29, 0.717) is 18.6 Å². The van der Waals surface area contributed by atoms with Crippen LogP contribution < -0.4 is 0 Å². The van der Waals surface area contributed by atoms with Crippen LogP contribution in [0.25, 0.3) is 0 Å². The van der Waals surface area contributed by atoms with Gasteiger partial charge in [0.25, 0.3) is 0 Å². The highest BCUT2D eigenvalue weighted by atomic mass is 16.5. The van der Waals surface area contributed by atoms with Crippen LogP contribution in [0, 0.1) is 0 Å². The van der Waals surface area contributed by atoms with Crippen molar-refractivity contribution in [2.24, 2.45) is 0 Å². The first-order chi connectivity index (χ1) is 8.78. The molecular formula is C16H20O2. The number of benzene rings is 1. The van der Waals surface area contributed by atoms with Crippen LogP contribution in [-0.4, -0.2) is 18.0 Å². The van der Waals surface area contributed by atoms with Gasteiger partial charge in [0, 0.05) is 12.8 Å². The maximum Gasteiger partial charge on any atom is 0.138 e. The molecular weight excluding hydrogens is 224 g/mol. The quantitative estimate of drug-likeness (QED) is 0.743. The molecule has 0 unspecified atom stereocenters. The molecule has 18 heavy (non-hydrogen) atoms. The number of ketones is 1. The third-order valence-corrected chi connectivity index (χ3v) is 3.32. The van der Waals surface area contributed by atoms with Gasteiger partial charge >= 0.3 is 0 Å². The molecule has 0 saturated carbocycles. The Morgan fingerprint density at radius 3 is 2.67 bits per heavy atom. The highest BCUT2D eigenvalue weighted by Gasteiger charge is 2.26. The number of hydrogen-bond donors (Lipinski definition) is 0. The predicted octanol–water partition coefficient (Wildman–Crippen LogP) is 3.31. The van der Waals surface area contributed by atoms with Gasteiger partial charge in [0.05, 0.1) is 12.2 Å². The van der Waals surface area contributed by atoms with E-state index < -0.39 is 0 Å². The Hall–Kier alpha value is -1.41. The Morgan fingerprint density at radius 2 is 1.94 bits per heavy atom. The highest BCUT2D eigenvalue weighted by molar-refractivity contribution is 5.80. The van der Waals surface area contributed by atoms with Crippen molar-refractivity contribution in [2.75, 3.05) is 0 Å². The Bertz CT molecular complexity index is 397. The van der Waals surface area contributed by atoms with E-state index >= 15 is 0 Å². The van der Waals surface area contributed by atoms with Crippen LogP contribution in [0.5, 0.6) is 0 Å². The molecule has 2 atom stereocenters. The molecule has 96 valence electrons. The molecule has 0 spiro atoms. The Kier molecular flexibility index (Phi) is 4.71. The molecule has 0 amide bonds. The fourth-order valence-electron chi connectivity index (χ4n) is 2.43. The first kappa shape index (κ1) is 13.0. The lowest BCUT2D eigenvalue weighted by Crippen LogP contribution is -2.33. The summed E-state index contributed by atoms with van der Waals surface area (Å²) in [6.45, 7) is 3.71. The molecule has 1 aromatic carbocycles. The van der Waals surface area contributed by atoms with Crippen LogP contribution in [0.4, 0.5) is 0 Å². The fraction of sp³-hybridized carbons (Fsp3) is 0.438. The van der Waals surface area contributed by atoms with E-state index in [1.165, 1.54) is 5.56 Å². The van der Waals surface area contributed by atoms with Gasteiger partial charge in [0.15, 0.2) is 0 Å². The van der Waals surface area contributed by atoms with Crippen molar-refractivity contribution >= 4 is 5.78 Å². The highest BCUT2D eigenvalue weighted by Crippen LogP contribution is 2.22. The monoisotopic (exact) mass is 244 g/mol. The number of aryl methyl sites for hydroxylation is 1. The van der Waals surface area contributed by atoms with Crippen molar-refractivity contribution in [2.45, 2.75) is 44.3 Å². The zero-order valence-electron chi connectivity index (χ0n) is 10.7. The van der Waals surface area contributed by atoms with Crippen LogP contribution in [0.1, 0.15) is 31.2 Å². The largest absolute Gasteiger partial charge is 0.374 e. The number of carbonyl (C=O) groups is 1. The summed E-state index contributed by atoms with van der Waals surface area (Å²) in [5, 5.41) is 0. The van der Waals surface area contributed by atoms with Crippen molar-refractivity contribution in [1.82, 2.24) is 0 Å². The molecule has 1 aliphatic rings. The zero-order chi connectivity index (χ0) is 12.8. The number of rotatable bonds is 5. The van der Waals surface area contributed by atoms with Crippen LogP contribution in [0.3, 0.4) is 0 Å². The number of ether oxygens (including phenoxy) is 1. The van der Waals surface area contributed by atoms with Crippen molar-refractivity contribution in [1.29, 1.82) is 0 Å². The van der Waals surface area contributed by atoms with Crippen molar-refractivity contribution < 1.29 is 9.53 Å². The van der Waals surface area contributed by atoms with Crippen molar-refractivity contribution in [3.05, 3.63) is 48.6 Å². The molecule has 1 aromatic rings. The Labute approximate surface area is 109 Å². The Morgan fingerprint density at radius 1 is 1.22 bits per heavy atom. The summed E-state index contributed by atoms with van der Waals surface area (Å²) >= 11 is 0. The minimum Gasteiger partial charge on any atom is -0.374 e. The van der Waals surface area contributed by atoms with E-state index in [9.17, 15) is 4.79 Å². The molecule has 2 rings (SSSR count). The smallest absolute Gasteiger partial charge is 0.138 e. The summed E-state index contributed by atoms with van der Waals surface area (Å²) in [6, 6.07) is 10.3. The topological polar surface area (TPSA) is 26.3 Å². The minimum absolute atomic E-state index is 0.0459. The second-order valence-corrected chi connectivity index (χ2v) is 4.88. The molecule has 0 radical (unpaired) electrons. The number of hydrogen-bond acceptors (Lipinski definition) is 2. The lowest BCUT2D eigenvalue weighted by Gasteiger charge is -2.28. The van der Waals surface area contributed by atoms with Gasteiger partial charge in [-0.15, -0.1) is 6.58 Å². The van der Waals surface area contributed by atoms with E-state index in [-0.39, 0.29) is 12.2 Å². The summed E-state index contributed by atoms with van der Waals surface area (Å²) < 4.78 is 5.93. The van der Waals surface area contributed by atoms with E-state index in [1.54, 1.807) is 0 Å². The average Bonchev–Trinajstić information content (AvgIpc) is 2.37. The van der Waals surface area contributed by atoms with Gasteiger partial charge in [-0.2, -0.15) is 0 Å². The molecule has 1 heterocycles.